The Morgan fingerprint density at radius 1 is 0.448 bits per heavy atom. The highest BCUT2D eigenvalue weighted by atomic mass is 15.1. The Balaban J connectivity index is 0.000000380. The maximum Gasteiger partial charge on any atom is 0.0173 e. The summed E-state index contributed by atoms with van der Waals surface area (Å²) in [5.74, 6) is 0. The van der Waals surface area contributed by atoms with E-state index in [1.54, 1.807) is 18.6 Å². The van der Waals surface area contributed by atoms with Crippen molar-refractivity contribution >= 4 is 0 Å². The zero-order chi connectivity index (χ0) is 21.6. The zero-order valence-corrected chi connectivity index (χ0v) is 18.3. The lowest BCUT2D eigenvalue weighted by Gasteiger charge is -2.24. The maximum atomic E-state index is 5.24. The van der Waals surface area contributed by atoms with E-state index in [1.807, 2.05) is 18.6 Å². The van der Waals surface area contributed by atoms with E-state index in [4.69, 9.17) is 17.2 Å². The first-order valence-electron chi connectivity index (χ1n) is 10.9. The highest BCUT2D eigenvalue weighted by Crippen LogP contribution is 2.08. The summed E-state index contributed by atoms with van der Waals surface area (Å²) >= 11 is 0. The first kappa shape index (κ1) is 26.6. The molecule has 7 nitrogen and oxygen atoms in total. The van der Waals surface area contributed by atoms with E-state index in [0.717, 1.165) is 0 Å². The molecular formula is C22H45N7. The van der Waals surface area contributed by atoms with Crippen molar-refractivity contribution in [3.8, 4) is 0 Å². The second kappa shape index (κ2) is 20.3. The highest BCUT2D eigenvalue weighted by Gasteiger charge is 2.05. The van der Waals surface area contributed by atoms with Gasteiger partial charge in [-0.2, -0.15) is 0 Å². The van der Waals surface area contributed by atoms with E-state index >= 15 is 0 Å². The normalized spacial score (nSPS) is 19.2. The van der Waals surface area contributed by atoms with Crippen LogP contribution in [0.4, 0.5) is 0 Å². The van der Waals surface area contributed by atoms with Gasteiger partial charge in [0.05, 0.1) is 0 Å². The second-order valence-corrected chi connectivity index (χ2v) is 7.20. The summed E-state index contributed by atoms with van der Waals surface area (Å²) in [6.07, 6.45) is 22.7. The molecule has 8 N–H and O–H groups in total. The molecule has 0 aliphatic carbocycles. The minimum absolute atomic E-state index is 1.19. The van der Waals surface area contributed by atoms with Crippen molar-refractivity contribution in [2.24, 2.45) is 22.9 Å². The van der Waals surface area contributed by atoms with Gasteiger partial charge in [0.25, 0.3) is 0 Å². The number of hydrogen-bond donors (Lipinski definition) is 4. The van der Waals surface area contributed by atoms with E-state index in [2.05, 4.69) is 27.0 Å². The molecule has 0 atom stereocenters. The van der Waals surface area contributed by atoms with Crippen molar-refractivity contribution in [3.63, 3.8) is 0 Å². The molecule has 0 radical (unpaired) electrons. The van der Waals surface area contributed by atoms with Gasteiger partial charge in [-0.3, -0.25) is 0 Å². The minimum atomic E-state index is 1.19. The van der Waals surface area contributed by atoms with Crippen LogP contribution in [0.25, 0.3) is 0 Å². The average Bonchev–Trinajstić information content (AvgIpc) is 3.25. The smallest absolute Gasteiger partial charge is 0.0173 e. The van der Waals surface area contributed by atoms with Crippen LogP contribution in [-0.4, -0.2) is 54.0 Å². The van der Waals surface area contributed by atoms with Crippen molar-refractivity contribution < 1.29 is 0 Å². The molecule has 3 fully saturated rings. The summed E-state index contributed by atoms with van der Waals surface area (Å²) < 4.78 is 0. The molecule has 7 heteroatoms. The first-order valence-corrected chi connectivity index (χ1v) is 10.9. The molecular weight excluding hydrogens is 362 g/mol. The van der Waals surface area contributed by atoms with Crippen LogP contribution in [0.3, 0.4) is 0 Å². The van der Waals surface area contributed by atoms with Gasteiger partial charge in [-0.05, 0) is 57.6 Å². The Labute approximate surface area is 178 Å². The van der Waals surface area contributed by atoms with E-state index < -0.39 is 0 Å². The largest absolute Gasteiger partial charge is 0.405 e. The van der Waals surface area contributed by atoms with Crippen LogP contribution in [0.1, 0.15) is 51.4 Å². The van der Waals surface area contributed by atoms with E-state index in [9.17, 15) is 0 Å². The summed E-state index contributed by atoms with van der Waals surface area (Å²) in [6, 6.07) is 0. The van der Waals surface area contributed by atoms with Crippen molar-refractivity contribution in [2.75, 3.05) is 39.3 Å². The van der Waals surface area contributed by atoms with E-state index in [1.165, 1.54) is 96.8 Å². The summed E-state index contributed by atoms with van der Waals surface area (Å²) in [5.41, 5.74) is 20.3. The van der Waals surface area contributed by atoms with Gasteiger partial charge in [-0.1, -0.05) is 6.58 Å². The third kappa shape index (κ3) is 16.2. The zero-order valence-electron chi connectivity index (χ0n) is 18.3. The molecule has 0 aromatic heterocycles. The van der Waals surface area contributed by atoms with Gasteiger partial charge < -0.3 is 37.6 Å². The number of nitrogens with zero attached hydrogens (tertiary/aromatic N) is 3. The average molecular weight is 408 g/mol. The van der Waals surface area contributed by atoms with Gasteiger partial charge in [-0.15, -0.1) is 0 Å². The molecule has 3 saturated heterocycles. The minimum Gasteiger partial charge on any atom is -0.405 e. The van der Waals surface area contributed by atoms with Crippen LogP contribution in [0.15, 0.2) is 50.0 Å². The monoisotopic (exact) mass is 407 g/mol. The Kier molecular flexibility index (Phi) is 18.6. The number of hydrogen-bond acceptors (Lipinski definition) is 7. The van der Waals surface area contributed by atoms with Gasteiger partial charge in [0.1, 0.15) is 0 Å². The molecule has 0 unspecified atom stereocenters. The Morgan fingerprint density at radius 2 is 0.655 bits per heavy atom. The SMILES string of the molecule is C=CN.NC=CN1CCCC1.NC=CN1CCCCC1.NC=CN1CCCCC1. The Morgan fingerprint density at radius 3 is 0.862 bits per heavy atom. The molecule has 0 bridgehead atoms. The van der Waals surface area contributed by atoms with Crippen molar-refractivity contribution in [1.29, 1.82) is 0 Å². The number of nitrogens with two attached hydrogens (primary N) is 4. The van der Waals surface area contributed by atoms with Gasteiger partial charge in [0.15, 0.2) is 0 Å². The third-order valence-electron chi connectivity index (χ3n) is 4.81. The molecule has 0 aromatic rings. The van der Waals surface area contributed by atoms with Crippen LogP contribution in [0.5, 0.6) is 0 Å². The predicted molar refractivity (Wildman–Crippen MR) is 126 cm³/mol. The third-order valence-corrected chi connectivity index (χ3v) is 4.81. The van der Waals surface area contributed by atoms with Gasteiger partial charge in [-0.25, -0.2) is 0 Å². The molecule has 3 aliphatic rings. The maximum absolute atomic E-state index is 5.24. The van der Waals surface area contributed by atoms with Crippen molar-refractivity contribution in [3.05, 3.63) is 50.0 Å². The quantitative estimate of drug-likeness (QED) is 0.568. The summed E-state index contributed by atoms with van der Waals surface area (Å²) in [5, 5.41) is 0. The standard InChI is InChI=1S/2C7H14N2.C6H12N2.C2H5N/c2*8-4-7-9-5-2-1-3-6-9;7-3-6-8-4-1-2-5-8;1-2-3/h2*4,7H,1-3,5-6,8H2;3,6H,1-2,4-5,7H2;2H,1,3H2. The van der Waals surface area contributed by atoms with Crippen LogP contribution in [-0.2, 0) is 0 Å². The molecule has 0 aromatic carbocycles. The van der Waals surface area contributed by atoms with E-state index in [-0.39, 0.29) is 0 Å². The van der Waals surface area contributed by atoms with Gasteiger partial charge in [0, 0.05) is 76.5 Å². The molecule has 3 heterocycles. The Bertz CT molecular complexity index is 404. The second-order valence-electron chi connectivity index (χ2n) is 7.20. The van der Waals surface area contributed by atoms with Crippen LogP contribution in [0.2, 0.25) is 0 Å². The molecule has 3 aliphatic heterocycles. The molecule has 0 saturated carbocycles. The first-order chi connectivity index (χ1) is 14.2. The van der Waals surface area contributed by atoms with Crippen molar-refractivity contribution in [2.45, 2.75) is 51.4 Å². The predicted octanol–water partition coefficient (Wildman–Crippen LogP) is 2.41. The molecule has 0 amide bonds. The van der Waals surface area contributed by atoms with E-state index in [0.29, 0.717) is 0 Å². The topological polar surface area (TPSA) is 114 Å². The van der Waals surface area contributed by atoms with Gasteiger partial charge >= 0.3 is 0 Å². The lowest BCUT2D eigenvalue weighted by Crippen LogP contribution is -2.24. The number of rotatable bonds is 3. The summed E-state index contributed by atoms with van der Waals surface area (Å²) in [6.45, 7) is 10.3. The Hall–Kier alpha value is -2.44. The van der Waals surface area contributed by atoms with Crippen molar-refractivity contribution in [1.82, 2.24) is 14.7 Å². The summed E-state index contributed by atoms with van der Waals surface area (Å²) in [7, 11) is 0. The number of piperidine rings is 2. The van der Waals surface area contributed by atoms with Crippen LogP contribution in [0, 0.1) is 0 Å². The van der Waals surface area contributed by atoms with Gasteiger partial charge in [0.2, 0.25) is 0 Å². The lowest BCUT2D eigenvalue weighted by atomic mass is 10.1. The highest BCUT2D eigenvalue weighted by molar-refractivity contribution is 4.81. The van der Waals surface area contributed by atoms with Crippen LogP contribution >= 0.6 is 0 Å². The van der Waals surface area contributed by atoms with Crippen LogP contribution < -0.4 is 22.9 Å². The molecule has 168 valence electrons. The fraction of sp³-hybridized carbons (Fsp3) is 0.636. The fourth-order valence-electron chi connectivity index (χ4n) is 3.39. The molecule has 3 rings (SSSR count). The number of likely N-dealkylation sites (tertiary alicyclic amines) is 3. The summed E-state index contributed by atoms with van der Waals surface area (Å²) in [4.78, 5) is 6.77. The lowest BCUT2D eigenvalue weighted by molar-refractivity contribution is 0.309. The fourth-order valence-corrected chi connectivity index (χ4v) is 3.39. The molecule has 0 spiro atoms. The molecule has 29 heavy (non-hydrogen) atoms.